The lowest BCUT2D eigenvalue weighted by molar-refractivity contribution is -0.384. The molecule has 4 rings (SSSR count). The van der Waals surface area contributed by atoms with Gasteiger partial charge < -0.3 is 10.1 Å². The molecule has 1 N–H and O–H groups in total. The number of methoxy groups -OCH3 is 1. The number of nitro benzene ring substituents is 1. The van der Waals surface area contributed by atoms with E-state index in [4.69, 9.17) is 4.74 Å². The van der Waals surface area contributed by atoms with Crippen molar-refractivity contribution in [3.63, 3.8) is 0 Å². The lowest BCUT2D eigenvalue weighted by atomic mass is 10.3. The molecule has 0 aliphatic rings. The highest BCUT2D eigenvalue weighted by atomic mass is 16.6. The Kier molecular flexibility index (Phi) is 5.19. The molecule has 0 saturated heterocycles. The van der Waals surface area contributed by atoms with Gasteiger partial charge in [0.2, 0.25) is 0 Å². The Balaban J connectivity index is 1.55. The van der Waals surface area contributed by atoms with Gasteiger partial charge in [-0.05, 0) is 49.4 Å². The molecule has 1 amide bonds. The number of anilines is 1. The zero-order chi connectivity index (χ0) is 22.0. The molecule has 2 heterocycles. The van der Waals surface area contributed by atoms with Gasteiger partial charge >= 0.3 is 0 Å². The van der Waals surface area contributed by atoms with Crippen LogP contribution in [-0.4, -0.2) is 37.5 Å². The highest BCUT2D eigenvalue weighted by Crippen LogP contribution is 2.21. The Morgan fingerprint density at radius 1 is 1.03 bits per heavy atom. The molecule has 2 aromatic carbocycles. The van der Waals surface area contributed by atoms with E-state index in [0.717, 1.165) is 11.4 Å². The van der Waals surface area contributed by atoms with Gasteiger partial charge in [0.25, 0.3) is 11.6 Å². The van der Waals surface area contributed by atoms with E-state index >= 15 is 0 Å². The molecular weight excluding hydrogens is 400 g/mol. The molecule has 0 spiro atoms. The fourth-order valence-electron chi connectivity index (χ4n) is 3.01. The Bertz CT molecular complexity index is 1240. The van der Waals surface area contributed by atoms with E-state index in [2.05, 4.69) is 15.5 Å². The average molecular weight is 418 g/mol. The van der Waals surface area contributed by atoms with Crippen molar-refractivity contribution in [3.05, 3.63) is 88.4 Å². The van der Waals surface area contributed by atoms with Crippen molar-refractivity contribution in [2.45, 2.75) is 6.92 Å². The highest BCUT2D eigenvalue weighted by Gasteiger charge is 2.16. The molecule has 10 nitrogen and oxygen atoms in total. The Hall–Kier alpha value is -4.47. The van der Waals surface area contributed by atoms with E-state index in [9.17, 15) is 14.9 Å². The van der Waals surface area contributed by atoms with E-state index in [1.807, 2.05) is 24.3 Å². The molecule has 0 radical (unpaired) electrons. The maximum Gasteiger partial charge on any atom is 0.277 e. The predicted molar refractivity (Wildman–Crippen MR) is 113 cm³/mol. The summed E-state index contributed by atoms with van der Waals surface area (Å²) < 4.78 is 8.25. The van der Waals surface area contributed by atoms with Gasteiger partial charge in [-0.3, -0.25) is 14.9 Å². The normalized spacial score (nSPS) is 10.6. The molecule has 0 aliphatic heterocycles. The number of nitro groups is 1. The maximum atomic E-state index is 12.8. The first-order chi connectivity index (χ1) is 14.9. The summed E-state index contributed by atoms with van der Waals surface area (Å²) in [4.78, 5) is 23.2. The predicted octanol–water partition coefficient (Wildman–Crippen LogP) is 3.54. The van der Waals surface area contributed by atoms with Gasteiger partial charge in [0.15, 0.2) is 5.69 Å². The van der Waals surface area contributed by atoms with Gasteiger partial charge in [-0.2, -0.15) is 10.2 Å². The molecule has 156 valence electrons. The van der Waals surface area contributed by atoms with Crippen LogP contribution in [0, 0.1) is 17.0 Å². The molecule has 31 heavy (non-hydrogen) atoms. The number of aryl methyl sites for hydroxylation is 1. The van der Waals surface area contributed by atoms with Crippen molar-refractivity contribution in [3.8, 4) is 17.1 Å². The highest BCUT2D eigenvalue weighted by molar-refractivity contribution is 6.02. The van der Waals surface area contributed by atoms with Crippen LogP contribution in [0.1, 0.15) is 16.2 Å². The van der Waals surface area contributed by atoms with Gasteiger partial charge in [0, 0.05) is 24.4 Å². The first-order valence-electron chi connectivity index (χ1n) is 9.27. The van der Waals surface area contributed by atoms with Crippen LogP contribution in [-0.2, 0) is 0 Å². The van der Waals surface area contributed by atoms with Crippen LogP contribution in [0.4, 0.5) is 11.5 Å². The lowest BCUT2D eigenvalue weighted by Crippen LogP contribution is -2.16. The fourth-order valence-corrected chi connectivity index (χ4v) is 3.01. The SMILES string of the molecule is COc1ccc(-n2ccc(C(=O)Nc3cc(C)nn3-c3ccc([N+](=O)[O-])cc3)n2)cc1. The number of rotatable bonds is 6. The van der Waals surface area contributed by atoms with Crippen molar-refractivity contribution < 1.29 is 14.5 Å². The number of hydrogen-bond donors (Lipinski definition) is 1. The van der Waals surface area contributed by atoms with E-state index in [1.54, 1.807) is 49.2 Å². The van der Waals surface area contributed by atoms with E-state index in [-0.39, 0.29) is 11.4 Å². The summed E-state index contributed by atoms with van der Waals surface area (Å²) in [6.07, 6.45) is 1.69. The zero-order valence-corrected chi connectivity index (χ0v) is 16.7. The monoisotopic (exact) mass is 418 g/mol. The van der Waals surface area contributed by atoms with Crippen LogP contribution >= 0.6 is 0 Å². The van der Waals surface area contributed by atoms with Gasteiger partial charge in [-0.1, -0.05) is 0 Å². The van der Waals surface area contributed by atoms with Crippen molar-refractivity contribution in [2.24, 2.45) is 0 Å². The van der Waals surface area contributed by atoms with E-state index < -0.39 is 10.8 Å². The quantitative estimate of drug-likeness (QED) is 0.378. The van der Waals surface area contributed by atoms with Crippen LogP contribution in [0.3, 0.4) is 0 Å². The molecule has 10 heteroatoms. The van der Waals surface area contributed by atoms with Crippen LogP contribution in [0.15, 0.2) is 66.9 Å². The van der Waals surface area contributed by atoms with Crippen LogP contribution in [0.25, 0.3) is 11.4 Å². The number of carbonyl (C=O) groups excluding carboxylic acids is 1. The number of aromatic nitrogens is 4. The molecule has 0 saturated carbocycles. The van der Waals surface area contributed by atoms with Crippen LogP contribution in [0.5, 0.6) is 5.75 Å². The second-order valence-corrected chi connectivity index (χ2v) is 6.65. The molecule has 4 aromatic rings. The summed E-state index contributed by atoms with van der Waals surface area (Å²) in [5, 5.41) is 22.4. The number of amides is 1. The molecular formula is C21H18N6O4. The fraction of sp³-hybridized carbons (Fsp3) is 0.0952. The third-order valence-electron chi connectivity index (χ3n) is 4.54. The van der Waals surface area contributed by atoms with Gasteiger partial charge in [-0.15, -0.1) is 0 Å². The number of carbonyl (C=O) groups is 1. The van der Waals surface area contributed by atoms with Crippen molar-refractivity contribution in [1.82, 2.24) is 19.6 Å². The Morgan fingerprint density at radius 2 is 1.71 bits per heavy atom. The van der Waals surface area contributed by atoms with E-state index in [0.29, 0.717) is 17.2 Å². The van der Waals surface area contributed by atoms with Gasteiger partial charge in [0.1, 0.15) is 11.6 Å². The van der Waals surface area contributed by atoms with Crippen molar-refractivity contribution in [2.75, 3.05) is 12.4 Å². The number of benzene rings is 2. The molecule has 0 unspecified atom stereocenters. The zero-order valence-electron chi connectivity index (χ0n) is 16.7. The minimum Gasteiger partial charge on any atom is -0.497 e. The molecule has 0 aliphatic carbocycles. The number of nitrogens with zero attached hydrogens (tertiary/aromatic N) is 5. The summed E-state index contributed by atoms with van der Waals surface area (Å²) in [6, 6.07) is 16.5. The number of hydrogen-bond acceptors (Lipinski definition) is 6. The van der Waals surface area contributed by atoms with Gasteiger partial charge in [0.05, 0.1) is 29.1 Å². The smallest absolute Gasteiger partial charge is 0.277 e. The second-order valence-electron chi connectivity index (χ2n) is 6.65. The second kappa shape index (κ2) is 8.11. The third-order valence-corrected chi connectivity index (χ3v) is 4.54. The summed E-state index contributed by atoms with van der Waals surface area (Å²) in [5.74, 6) is 0.745. The summed E-state index contributed by atoms with van der Waals surface area (Å²) in [6.45, 7) is 1.79. The third kappa shape index (κ3) is 4.13. The first-order valence-corrected chi connectivity index (χ1v) is 9.27. The van der Waals surface area contributed by atoms with Crippen LogP contribution in [0.2, 0.25) is 0 Å². The number of non-ortho nitro benzene ring substituents is 1. The standard InChI is InChI=1S/C21H18N6O4/c1-14-13-20(26(23-14)16-3-5-17(6-4-16)27(29)30)22-21(28)19-11-12-25(24-19)15-7-9-18(31-2)10-8-15/h3-13H,1-2H3,(H,22,28). The topological polar surface area (TPSA) is 117 Å². The lowest BCUT2D eigenvalue weighted by Gasteiger charge is -2.08. The first kappa shape index (κ1) is 19.8. The van der Waals surface area contributed by atoms with Gasteiger partial charge in [-0.25, -0.2) is 9.36 Å². The van der Waals surface area contributed by atoms with Crippen LogP contribution < -0.4 is 10.1 Å². The minimum absolute atomic E-state index is 0.0257. The largest absolute Gasteiger partial charge is 0.497 e. The Morgan fingerprint density at radius 3 is 2.35 bits per heavy atom. The van der Waals surface area contributed by atoms with Crippen molar-refractivity contribution in [1.29, 1.82) is 0 Å². The molecule has 0 atom stereocenters. The van der Waals surface area contributed by atoms with E-state index in [1.165, 1.54) is 16.8 Å². The molecule has 2 aromatic heterocycles. The Labute approximate surface area is 176 Å². The maximum absolute atomic E-state index is 12.8. The average Bonchev–Trinajstić information content (AvgIpc) is 3.41. The summed E-state index contributed by atoms with van der Waals surface area (Å²) >= 11 is 0. The minimum atomic E-state index is -0.472. The number of ether oxygens (including phenoxy) is 1. The molecule has 0 fully saturated rings. The molecule has 0 bridgehead atoms. The number of nitrogens with one attached hydrogen (secondary N) is 1. The summed E-state index contributed by atoms with van der Waals surface area (Å²) in [5.41, 5.74) is 2.24. The van der Waals surface area contributed by atoms with Crippen molar-refractivity contribution >= 4 is 17.4 Å². The summed E-state index contributed by atoms with van der Waals surface area (Å²) in [7, 11) is 1.59.